The summed E-state index contributed by atoms with van der Waals surface area (Å²) in [4.78, 5) is 25.8. The van der Waals surface area contributed by atoms with E-state index in [4.69, 9.17) is 0 Å². The highest BCUT2D eigenvalue weighted by molar-refractivity contribution is 5.92. The van der Waals surface area contributed by atoms with Gasteiger partial charge in [-0.2, -0.15) is 5.10 Å². The van der Waals surface area contributed by atoms with Gasteiger partial charge in [0, 0.05) is 31.4 Å². The third-order valence-corrected chi connectivity index (χ3v) is 2.42. The van der Waals surface area contributed by atoms with E-state index >= 15 is 0 Å². The predicted molar refractivity (Wildman–Crippen MR) is 61.8 cm³/mol. The van der Waals surface area contributed by atoms with Crippen LogP contribution in [0.2, 0.25) is 0 Å². The van der Waals surface area contributed by atoms with Gasteiger partial charge in [0.1, 0.15) is 0 Å². The van der Waals surface area contributed by atoms with Gasteiger partial charge in [0.15, 0.2) is 5.69 Å². The standard InChI is InChI=1S/C10H11N5O3/c1-14(6-7-4-11-12-5-7)10(16)8-2-3-9(13-8)15(17)18/h2-5,13H,6H2,1H3,(H,11,12). The second kappa shape index (κ2) is 4.70. The molecule has 0 aliphatic carbocycles. The molecule has 94 valence electrons. The topological polar surface area (TPSA) is 108 Å². The maximum absolute atomic E-state index is 11.9. The first kappa shape index (κ1) is 11.8. The number of rotatable bonds is 4. The van der Waals surface area contributed by atoms with Crippen molar-refractivity contribution in [2.24, 2.45) is 0 Å². The Labute approximate surface area is 102 Å². The Balaban J connectivity index is 2.08. The van der Waals surface area contributed by atoms with E-state index in [1.807, 2.05) is 0 Å². The molecule has 1 amide bonds. The molecule has 2 aromatic rings. The average Bonchev–Trinajstić information content (AvgIpc) is 2.98. The monoisotopic (exact) mass is 249 g/mol. The van der Waals surface area contributed by atoms with E-state index in [-0.39, 0.29) is 17.4 Å². The van der Waals surface area contributed by atoms with E-state index in [2.05, 4.69) is 15.2 Å². The first-order valence-corrected chi connectivity index (χ1v) is 5.14. The molecule has 2 aromatic heterocycles. The summed E-state index contributed by atoms with van der Waals surface area (Å²) in [6.07, 6.45) is 3.29. The minimum atomic E-state index is -0.577. The number of hydrogen-bond donors (Lipinski definition) is 2. The number of carbonyl (C=O) groups excluding carboxylic acids is 1. The first-order chi connectivity index (χ1) is 8.58. The van der Waals surface area contributed by atoms with Crippen LogP contribution in [0.5, 0.6) is 0 Å². The van der Waals surface area contributed by atoms with Crippen LogP contribution in [0.3, 0.4) is 0 Å². The van der Waals surface area contributed by atoms with Crippen molar-refractivity contribution in [2.75, 3.05) is 7.05 Å². The summed E-state index contributed by atoms with van der Waals surface area (Å²) in [5.41, 5.74) is 1.04. The molecule has 0 aliphatic rings. The van der Waals surface area contributed by atoms with Gasteiger partial charge in [-0.25, -0.2) is 4.98 Å². The second-order valence-corrected chi connectivity index (χ2v) is 3.78. The number of hydrogen-bond acceptors (Lipinski definition) is 4. The number of aromatic nitrogens is 3. The Kier molecular flexibility index (Phi) is 3.09. The van der Waals surface area contributed by atoms with Crippen LogP contribution in [0.15, 0.2) is 24.5 Å². The van der Waals surface area contributed by atoms with E-state index in [0.29, 0.717) is 6.54 Å². The lowest BCUT2D eigenvalue weighted by molar-refractivity contribution is -0.389. The van der Waals surface area contributed by atoms with Crippen LogP contribution >= 0.6 is 0 Å². The van der Waals surface area contributed by atoms with Crippen molar-refractivity contribution >= 4 is 11.7 Å². The molecule has 2 rings (SSSR count). The molecule has 18 heavy (non-hydrogen) atoms. The molecule has 0 spiro atoms. The minimum absolute atomic E-state index is 0.188. The van der Waals surface area contributed by atoms with Crippen molar-refractivity contribution in [3.8, 4) is 0 Å². The fourth-order valence-electron chi connectivity index (χ4n) is 1.53. The Hall–Kier alpha value is -2.64. The van der Waals surface area contributed by atoms with Crippen LogP contribution in [0, 0.1) is 10.1 Å². The molecule has 0 saturated heterocycles. The molecule has 8 heteroatoms. The number of aromatic amines is 2. The summed E-state index contributed by atoms with van der Waals surface area (Å²) in [6, 6.07) is 2.66. The number of nitro groups is 1. The summed E-state index contributed by atoms with van der Waals surface area (Å²) >= 11 is 0. The lowest BCUT2D eigenvalue weighted by atomic mass is 10.3. The summed E-state index contributed by atoms with van der Waals surface area (Å²) in [6.45, 7) is 0.377. The molecule has 0 aliphatic heterocycles. The fraction of sp³-hybridized carbons (Fsp3) is 0.200. The summed E-state index contributed by atoms with van der Waals surface area (Å²) in [5.74, 6) is -0.514. The lowest BCUT2D eigenvalue weighted by Crippen LogP contribution is -2.26. The molecule has 0 aromatic carbocycles. The van der Waals surface area contributed by atoms with Crippen molar-refractivity contribution in [3.05, 3.63) is 45.9 Å². The molecular weight excluding hydrogens is 238 g/mol. The van der Waals surface area contributed by atoms with E-state index in [1.165, 1.54) is 17.0 Å². The molecule has 0 radical (unpaired) electrons. The molecule has 0 atom stereocenters. The van der Waals surface area contributed by atoms with Crippen LogP contribution in [0.1, 0.15) is 16.1 Å². The van der Waals surface area contributed by atoms with E-state index < -0.39 is 4.92 Å². The van der Waals surface area contributed by atoms with Gasteiger partial charge in [-0.05, 0) is 11.0 Å². The molecule has 8 nitrogen and oxygen atoms in total. The third kappa shape index (κ3) is 2.37. The van der Waals surface area contributed by atoms with Gasteiger partial charge in [0.2, 0.25) is 0 Å². The predicted octanol–water partition coefficient (Wildman–Crippen LogP) is 0.918. The van der Waals surface area contributed by atoms with E-state index in [1.54, 1.807) is 19.4 Å². The van der Waals surface area contributed by atoms with Gasteiger partial charge in [-0.15, -0.1) is 0 Å². The Morgan fingerprint density at radius 3 is 2.89 bits per heavy atom. The summed E-state index contributed by atoms with van der Waals surface area (Å²) in [5, 5.41) is 16.9. The van der Waals surface area contributed by atoms with Gasteiger partial charge in [-0.1, -0.05) is 0 Å². The third-order valence-electron chi connectivity index (χ3n) is 2.42. The van der Waals surface area contributed by atoms with Crippen molar-refractivity contribution < 1.29 is 9.72 Å². The normalized spacial score (nSPS) is 10.3. The molecule has 0 saturated carbocycles. The van der Waals surface area contributed by atoms with E-state index in [9.17, 15) is 14.9 Å². The van der Waals surface area contributed by atoms with Gasteiger partial charge >= 0.3 is 5.82 Å². The summed E-state index contributed by atoms with van der Waals surface area (Å²) < 4.78 is 0. The molecular formula is C10H11N5O3. The number of carbonyl (C=O) groups is 1. The fourth-order valence-corrected chi connectivity index (χ4v) is 1.53. The summed E-state index contributed by atoms with van der Waals surface area (Å²) in [7, 11) is 1.61. The van der Waals surface area contributed by atoms with Gasteiger partial charge < -0.3 is 15.0 Å². The number of nitrogens with zero attached hydrogens (tertiary/aromatic N) is 3. The maximum atomic E-state index is 11.9. The Morgan fingerprint density at radius 1 is 1.56 bits per heavy atom. The smallest absolute Gasteiger partial charge is 0.321 e. The number of H-pyrrole nitrogens is 2. The average molecular weight is 249 g/mol. The Bertz CT molecular complexity index is 560. The quantitative estimate of drug-likeness (QED) is 0.620. The second-order valence-electron chi connectivity index (χ2n) is 3.78. The van der Waals surface area contributed by atoms with Gasteiger partial charge in [-0.3, -0.25) is 9.89 Å². The van der Waals surface area contributed by atoms with Crippen LogP contribution in [0.4, 0.5) is 5.82 Å². The van der Waals surface area contributed by atoms with Crippen LogP contribution < -0.4 is 0 Å². The van der Waals surface area contributed by atoms with Gasteiger partial charge in [0.25, 0.3) is 5.91 Å². The zero-order valence-corrected chi connectivity index (χ0v) is 9.58. The van der Waals surface area contributed by atoms with E-state index in [0.717, 1.165) is 5.56 Å². The van der Waals surface area contributed by atoms with Crippen LogP contribution in [0.25, 0.3) is 0 Å². The molecule has 0 fully saturated rings. The van der Waals surface area contributed by atoms with Crippen LogP contribution in [-0.4, -0.2) is 38.0 Å². The van der Waals surface area contributed by atoms with Crippen molar-refractivity contribution in [1.29, 1.82) is 0 Å². The largest absolute Gasteiger partial charge is 0.358 e. The minimum Gasteiger partial charge on any atom is -0.358 e. The highest BCUT2D eigenvalue weighted by Gasteiger charge is 2.19. The molecule has 0 bridgehead atoms. The zero-order chi connectivity index (χ0) is 13.1. The SMILES string of the molecule is CN(Cc1cn[nH]c1)C(=O)c1ccc([N+](=O)[O-])[nH]1. The van der Waals surface area contributed by atoms with Crippen molar-refractivity contribution in [1.82, 2.24) is 20.1 Å². The lowest BCUT2D eigenvalue weighted by Gasteiger charge is -2.13. The first-order valence-electron chi connectivity index (χ1n) is 5.14. The molecule has 0 unspecified atom stereocenters. The number of amides is 1. The van der Waals surface area contributed by atoms with Gasteiger partial charge in [0.05, 0.1) is 6.20 Å². The molecule has 2 heterocycles. The highest BCUT2D eigenvalue weighted by atomic mass is 16.6. The highest BCUT2D eigenvalue weighted by Crippen LogP contribution is 2.12. The zero-order valence-electron chi connectivity index (χ0n) is 9.58. The van der Waals surface area contributed by atoms with Crippen molar-refractivity contribution in [3.63, 3.8) is 0 Å². The number of nitrogens with one attached hydrogen (secondary N) is 2. The van der Waals surface area contributed by atoms with Crippen molar-refractivity contribution in [2.45, 2.75) is 6.54 Å². The maximum Gasteiger partial charge on any atom is 0.321 e. The molecule has 2 N–H and O–H groups in total. The Morgan fingerprint density at radius 2 is 2.33 bits per heavy atom. The van der Waals surface area contributed by atoms with Crippen LogP contribution in [-0.2, 0) is 6.54 Å².